The van der Waals surface area contributed by atoms with Crippen LogP contribution in [0.15, 0.2) is 54.1 Å². The van der Waals surface area contributed by atoms with E-state index >= 15 is 0 Å². The SMILES string of the molecule is CC(C)=CC(=O)N1CCCN1C(=O)Nc1cccc2ccccc12. The van der Waals surface area contributed by atoms with Crippen molar-refractivity contribution in [1.29, 1.82) is 0 Å². The van der Waals surface area contributed by atoms with Crippen LogP contribution in [0.4, 0.5) is 10.5 Å². The van der Waals surface area contributed by atoms with Gasteiger partial charge >= 0.3 is 6.03 Å². The van der Waals surface area contributed by atoms with Gasteiger partial charge in [0.05, 0.1) is 5.69 Å². The molecule has 1 saturated heterocycles. The molecule has 24 heavy (non-hydrogen) atoms. The van der Waals surface area contributed by atoms with Crippen molar-refractivity contribution in [3.8, 4) is 0 Å². The standard InChI is InChI=1S/C19H21N3O2/c1-14(2)13-18(23)21-11-6-12-22(21)19(24)20-17-10-5-8-15-7-3-4-9-16(15)17/h3-5,7-10,13H,6,11-12H2,1-2H3,(H,20,24). The highest BCUT2D eigenvalue weighted by Gasteiger charge is 2.29. The number of amides is 3. The van der Waals surface area contributed by atoms with Gasteiger partial charge in [0.25, 0.3) is 5.91 Å². The van der Waals surface area contributed by atoms with Gasteiger partial charge in [0.15, 0.2) is 0 Å². The molecule has 5 nitrogen and oxygen atoms in total. The predicted molar refractivity (Wildman–Crippen MR) is 95.4 cm³/mol. The molecule has 0 bridgehead atoms. The number of anilines is 1. The molecule has 5 heteroatoms. The lowest BCUT2D eigenvalue weighted by Gasteiger charge is -2.27. The number of nitrogens with zero attached hydrogens (tertiary/aromatic N) is 2. The third kappa shape index (κ3) is 3.25. The van der Waals surface area contributed by atoms with E-state index in [1.807, 2.05) is 56.3 Å². The van der Waals surface area contributed by atoms with E-state index in [0.29, 0.717) is 13.1 Å². The third-order valence-electron chi connectivity index (χ3n) is 3.96. The van der Waals surface area contributed by atoms with E-state index in [1.165, 1.54) is 10.0 Å². The molecule has 0 unspecified atom stereocenters. The van der Waals surface area contributed by atoms with Crippen LogP contribution in [0.2, 0.25) is 0 Å². The second kappa shape index (κ2) is 6.74. The highest BCUT2D eigenvalue weighted by atomic mass is 16.2. The third-order valence-corrected chi connectivity index (χ3v) is 3.96. The van der Waals surface area contributed by atoms with E-state index in [0.717, 1.165) is 28.5 Å². The van der Waals surface area contributed by atoms with E-state index in [1.54, 1.807) is 6.08 Å². The van der Waals surface area contributed by atoms with Gasteiger partial charge in [0.1, 0.15) is 0 Å². The molecule has 3 rings (SSSR count). The molecule has 1 aliphatic heterocycles. The molecule has 0 aromatic heterocycles. The lowest BCUT2D eigenvalue weighted by molar-refractivity contribution is -0.134. The Hall–Kier alpha value is -2.82. The molecular weight excluding hydrogens is 302 g/mol. The van der Waals surface area contributed by atoms with Gasteiger partial charge in [-0.1, -0.05) is 42.0 Å². The molecule has 3 amide bonds. The Morgan fingerprint density at radius 3 is 2.50 bits per heavy atom. The van der Waals surface area contributed by atoms with Crippen molar-refractivity contribution in [1.82, 2.24) is 10.0 Å². The van der Waals surface area contributed by atoms with E-state index in [2.05, 4.69) is 5.32 Å². The minimum absolute atomic E-state index is 0.152. The number of allylic oxidation sites excluding steroid dienone is 1. The van der Waals surface area contributed by atoms with Gasteiger partial charge in [-0.2, -0.15) is 0 Å². The Morgan fingerprint density at radius 1 is 1.00 bits per heavy atom. The van der Waals surface area contributed by atoms with Crippen molar-refractivity contribution in [2.45, 2.75) is 20.3 Å². The molecule has 0 saturated carbocycles. The summed E-state index contributed by atoms with van der Waals surface area (Å²) in [5.74, 6) is -0.152. The number of hydrogen-bond donors (Lipinski definition) is 1. The molecule has 0 radical (unpaired) electrons. The molecule has 1 N–H and O–H groups in total. The average molecular weight is 323 g/mol. The summed E-state index contributed by atoms with van der Waals surface area (Å²) >= 11 is 0. The van der Waals surface area contributed by atoms with Crippen molar-refractivity contribution in [2.24, 2.45) is 0 Å². The molecule has 1 aliphatic rings. The lowest BCUT2D eigenvalue weighted by atomic mass is 10.1. The number of carbonyl (C=O) groups is 2. The van der Waals surface area contributed by atoms with Crippen molar-refractivity contribution in [3.63, 3.8) is 0 Å². The Kier molecular flexibility index (Phi) is 4.51. The maximum absolute atomic E-state index is 12.7. The van der Waals surface area contributed by atoms with E-state index in [9.17, 15) is 9.59 Å². The van der Waals surface area contributed by atoms with E-state index in [-0.39, 0.29) is 11.9 Å². The van der Waals surface area contributed by atoms with Crippen LogP contribution < -0.4 is 5.32 Å². The first kappa shape index (κ1) is 16.1. The molecule has 124 valence electrons. The van der Waals surface area contributed by atoms with Gasteiger partial charge in [-0.05, 0) is 31.7 Å². The minimum atomic E-state index is -0.278. The molecule has 2 aromatic rings. The second-order valence-corrected chi connectivity index (χ2v) is 6.12. The topological polar surface area (TPSA) is 52.7 Å². The number of rotatable bonds is 2. The second-order valence-electron chi connectivity index (χ2n) is 6.12. The van der Waals surface area contributed by atoms with Crippen LogP contribution >= 0.6 is 0 Å². The highest BCUT2D eigenvalue weighted by Crippen LogP contribution is 2.24. The predicted octanol–water partition coefficient (Wildman–Crippen LogP) is 3.79. The monoisotopic (exact) mass is 323 g/mol. The van der Waals surface area contributed by atoms with Crippen molar-refractivity contribution < 1.29 is 9.59 Å². The van der Waals surface area contributed by atoms with Gasteiger partial charge in [0, 0.05) is 24.6 Å². The normalized spacial score (nSPS) is 13.9. The molecule has 2 aromatic carbocycles. The lowest BCUT2D eigenvalue weighted by Crippen LogP contribution is -2.46. The van der Waals surface area contributed by atoms with Crippen molar-refractivity contribution >= 4 is 28.4 Å². The summed E-state index contributed by atoms with van der Waals surface area (Å²) in [6.07, 6.45) is 2.34. The summed E-state index contributed by atoms with van der Waals surface area (Å²) in [7, 11) is 0. The van der Waals surface area contributed by atoms with Crippen LogP contribution in [0.25, 0.3) is 10.8 Å². The Morgan fingerprint density at radius 2 is 1.71 bits per heavy atom. The number of carbonyl (C=O) groups excluding carboxylic acids is 2. The Balaban J connectivity index is 1.81. The maximum Gasteiger partial charge on any atom is 0.340 e. The first-order valence-corrected chi connectivity index (χ1v) is 8.09. The summed E-state index contributed by atoms with van der Waals surface area (Å²) in [5, 5.41) is 7.98. The van der Waals surface area contributed by atoms with E-state index in [4.69, 9.17) is 0 Å². The van der Waals surface area contributed by atoms with Crippen LogP contribution in [-0.4, -0.2) is 35.0 Å². The maximum atomic E-state index is 12.7. The van der Waals surface area contributed by atoms with Crippen LogP contribution in [0.1, 0.15) is 20.3 Å². The first-order valence-electron chi connectivity index (χ1n) is 8.09. The first-order chi connectivity index (χ1) is 11.6. The molecule has 1 heterocycles. The largest absolute Gasteiger partial charge is 0.340 e. The van der Waals surface area contributed by atoms with E-state index < -0.39 is 0 Å². The fourth-order valence-corrected chi connectivity index (χ4v) is 2.89. The quantitative estimate of drug-likeness (QED) is 0.855. The zero-order valence-corrected chi connectivity index (χ0v) is 14.0. The molecule has 1 fully saturated rings. The van der Waals surface area contributed by atoms with Crippen LogP contribution in [-0.2, 0) is 4.79 Å². The summed E-state index contributed by atoms with van der Waals surface area (Å²) < 4.78 is 0. The Bertz CT molecular complexity index is 804. The minimum Gasteiger partial charge on any atom is -0.306 e. The zero-order chi connectivity index (χ0) is 17.1. The summed E-state index contributed by atoms with van der Waals surface area (Å²) in [4.78, 5) is 24.9. The fraction of sp³-hybridized carbons (Fsp3) is 0.263. The van der Waals surface area contributed by atoms with Crippen LogP contribution in [0.3, 0.4) is 0 Å². The van der Waals surface area contributed by atoms with Crippen LogP contribution in [0.5, 0.6) is 0 Å². The molecule has 0 spiro atoms. The number of nitrogens with one attached hydrogen (secondary N) is 1. The van der Waals surface area contributed by atoms with Gasteiger partial charge in [-0.25, -0.2) is 14.8 Å². The average Bonchev–Trinajstić information content (AvgIpc) is 3.04. The van der Waals surface area contributed by atoms with Crippen molar-refractivity contribution in [2.75, 3.05) is 18.4 Å². The van der Waals surface area contributed by atoms with Gasteiger partial charge in [-0.3, -0.25) is 4.79 Å². The van der Waals surface area contributed by atoms with Gasteiger partial charge in [-0.15, -0.1) is 0 Å². The number of hydrogen-bond acceptors (Lipinski definition) is 2. The van der Waals surface area contributed by atoms with Gasteiger partial charge in [0.2, 0.25) is 0 Å². The van der Waals surface area contributed by atoms with Gasteiger partial charge < -0.3 is 5.32 Å². The van der Waals surface area contributed by atoms with Crippen molar-refractivity contribution in [3.05, 3.63) is 54.1 Å². The summed E-state index contributed by atoms with van der Waals surface area (Å²) in [5.41, 5.74) is 1.67. The highest BCUT2D eigenvalue weighted by molar-refractivity contribution is 6.02. The van der Waals surface area contributed by atoms with Crippen LogP contribution in [0, 0.1) is 0 Å². The number of benzene rings is 2. The molecular formula is C19H21N3O2. The molecule has 0 aliphatic carbocycles. The smallest absolute Gasteiger partial charge is 0.306 e. The number of hydrazine groups is 1. The number of fused-ring (bicyclic) bond motifs is 1. The fourth-order valence-electron chi connectivity index (χ4n) is 2.89. The molecule has 0 atom stereocenters. The summed E-state index contributed by atoms with van der Waals surface area (Å²) in [6, 6.07) is 13.4. The number of urea groups is 1. The zero-order valence-electron chi connectivity index (χ0n) is 14.0. The Labute approximate surface area is 141 Å². The summed E-state index contributed by atoms with van der Waals surface area (Å²) in [6.45, 7) is 4.84.